The summed E-state index contributed by atoms with van der Waals surface area (Å²) in [4.78, 5) is 0. The van der Waals surface area contributed by atoms with Crippen LogP contribution in [0.3, 0.4) is 0 Å². The molecule has 1 aliphatic heterocycles. The fourth-order valence-corrected chi connectivity index (χ4v) is 3.94. The summed E-state index contributed by atoms with van der Waals surface area (Å²) in [6.45, 7) is 2.11. The van der Waals surface area contributed by atoms with E-state index >= 15 is 0 Å². The number of rotatable bonds is 3. The van der Waals surface area contributed by atoms with Crippen molar-refractivity contribution in [2.24, 2.45) is 0 Å². The van der Waals surface area contributed by atoms with Gasteiger partial charge in [0.15, 0.2) is 6.29 Å². The van der Waals surface area contributed by atoms with Gasteiger partial charge in [-0.25, -0.2) is 0 Å². The first-order chi connectivity index (χ1) is 13.0. The molecular weight excluding hydrogens is 379 g/mol. The van der Waals surface area contributed by atoms with Crippen LogP contribution in [0.15, 0.2) is 78.9 Å². The molecule has 1 fully saturated rings. The van der Waals surface area contributed by atoms with Crippen molar-refractivity contribution in [1.82, 2.24) is 0 Å². The predicted octanol–water partition coefficient (Wildman–Crippen LogP) is 7.09. The minimum atomic E-state index is -0.522. The maximum atomic E-state index is 6.47. The summed E-state index contributed by atoms with van der Waals surface area (Å²) in [7, 11) is 0. The van der Waals surface area contributed by atoms with Crippen molar-refractivity contribution in [1.29, 1.82) is 0 Å². The van der Waals surface area contributed by atoms with E-state index in [1.807, 2.05) is 66.7 Å². The van der Waals surface area contributed by atoms with Crippen LogP contribution in [0.5, 0.6) is 0 Å². The van der Waals surface area contributed by atoms with Crippen molar-refractivity contribution in [3.05, 3.63) is 106 Å². The molecule has 3 atom stereocenters. The lowest BCUT2D eigenvalue weighted by atomic mass is 9.86. The van der Waals surface area contributed by atoms with Crippen LogP contribution in [0.1, 0.15) is 42.4 Å². The average Bonchev–Trinajstić information content (AvgIpc) is 2.68. The minimum Gasteiger partial charge on any atom is -0.340 e. The lowest BCUT2D eigenvalue weighted by molar-refractivity contribution is -0.290. The van der Waals surface area contributed by atoms with Crippen LogP contribution in [0.4, 0.5) is 0 Å². The van der Waals surface area contributed by atoms with Crippen molar-refractivity contribution in [3.63, 3.8) is 0 Å². The fraction of sp³-hybridized carbons (Fsp3) is 0.217. The fourth-order valence-electron chi connectivity index (χ4n) is 3.54. The molecule has 0 unspecified atom stereocenters. The van der Waals surface area contributed by atoms with Gasteiger partial charge in [-0.1, -0.05) is 77.8 Å². The molecule has 0 saturated carbocycles. The Bertz CT molecular complexity index is 873. The molecule has 4 rings (SSSR count). The predicted molar refractivity (Wildman–Crippen MR) is 109 cm³/mol. The van der Waals surface area contributed by atoms with Gasteiger partial charge < -0.3 is 9.47 Å². The first-order valence-corrected chi connectivity index (χ1v) is 9.69. The van der Waals surface area contributed by atoms with Crippen LogP contribution in [0.25, 0.3) is 0 Å². The summed E-state index contributed by atoms with van der Waals surface area (Å²) >= 11 is 12.4. The SMILES string of the molecule is C[C@@]1(c2ccccc2)C[C@@H](c2cccc(Cl)c2)O[C@@H](c2cccc(Cl)c2)O1. The highest BCUT2D eigenvalue weighted by Gasteiger charge is 2.41. The quantitative estimate of drug-likeness (QED) is 0.468. The zero-order valence-electron chi connectivity index (χ0n) is 14.9. The molecule has 0 N–H and O–H groups in total. The van der Waals surface area contributed by atoms with E-state index in [1.54, 1.807) is 0 Å². The van der Waals surface area contributed by atoms with Gasteiger partial charge in [-0.15, -0.1) is 0 Å². The molecule has 0 aromatic heterocycles. The van der Waals surface area contributed by atoms with Gasteiger partial charge in [-0.05, 0) is 42.3 Å². The van der Waals surface area contributed by atoms with E-state index in [0.29, 0.717) is 16.5 Å². The van der Waals surface area contributed by atoms with Gasteiger partial charge in [0.05, 0.1) is 11.7 Å². The maximum absolute atomic E-state index is 6.47. The van der Waals surface area contributed by atoms with Gasteiger partial charge in [0.2, 0.25) is 0 Å². The molecular formula is C23H20Cl2O2. The smallest absolute Gasteiger partial charge is 0.185 e. The Morgan fingerprint density at radius 1 is 0.815 bits per heavy atom. The molecule has 4 heteroatoms. The monoisotopic (exact) mass is 398 g/mol. The topological polar surface area (TPSA) is 18.5 Å². The Morgan fingerprint density at radius 2 is 1.44 bits per heavy atom. The first-order valence-electron chi connectivity index (χ1n) is 8.93. The molecule has 0 bridgehead atoms. The molecule has 3 aromatic rings. The third-order valence-corrected chi connectivity index (χ3v) is 5.43. The molecule has 1 aliphatic rings. The number of halogens is 2. The minimum absolute atomic E-state index is 0.147. The van der Waals surface area contributed by atoms with Gasteiger partial charge in [-0.3, -0.25) is 0 Å². The molecule has 0 spiro atoms. The highest BCUT2D eigenvalue weighted by molar-refractivity contribution is 6.30. The summed E-state index contributed by atoms with van der Waals surface area (Å²) in [6, 6.07) is 25.7. The van der Waals surface area contributed by atoms with Crippen LogP contribution >= 0.6 is 23.2 Å². The van der Waals surface area contributed by atoms with E-state index in [-0.39, 0.29) is 6.10 Å². The molecule has 0 aliphatic carbocycles. The lowest BCUT2D eigenvalue weighted by Crippen LogP contribution is -2.37. The van der Waals surface area contributed by atoms with E-state index in [4.69, 9.17) is 32.7 Å². The molecule has 1 heterocycles. The van der Waals surface area contributed by atoms with Gasteiger partial charge in [0.25, 0.3) is 0 Å². The number of benzene rings is 3. The summed E-state index contributed by atoms with van der Waals surface area (Å²) in [5.74, 6) is 0. The molecule has 0 amide bonds. The van der Waals surface area contributed by atoms with Crippen LogP contribution < -0.4 is 0 Å². The maximum Gasteiger partial charge on any atom is 0.185 e. The molecule has 3 aromatic carbocycles. The van der Waals surface area contributed by atoms with Crippen LogP contribution in [0.2, 0.25) is 10.0 Å². The third-order valence-electron chi connectivity index (χ3n) is 4.96. The Morgan fingerprint density at radius 3 is 2.11 bits per heavy atom. The van der Waals surface area contributed by atoms with Crippen molar-refractivity contribution >= 4 is 23.2 Å². The van der Waals surface area contributed by atoms with Gasteiger partial charge in [-0.2, -0.15) is 0 Å². The lowest BCUT2D eigenvalue weighted by Gasteiger charge is -2.43. The van der Waals surface area contributed by atoms with Crippen LogP contribution in [-0.4, -0.2) is 0 Å². The molecule has 138 valence electrons. The normalized spacial score (nSPS) is 25.3. The zero-order chi connectivity index (χ0) is 18.9. The highest BCUT2D eigenvalue weighted by Crippen LogP contribution is 2.47. The molecule has 0 radical (unpaired) electrons. The van der Waals surface area contributed by atoms with Crippen LogP contribution in [-0.2, 0) is 15.1 Å². The van der Waals surface area contributed by atoms with Gasteiger partial charge in [0.1, 0.15) is 0 Å². The number of hydrogen-bond donors (Lipinski definition) is 0. The van der Waals surface area contributed by atoms with Crippen molar-refractivity contribution < 1.29 is 9.47 Å². The number of ether oxygens (including phenoxy) is 2. The molecule has 1 saturated heterocycles. The summed E-state index contributed by atoms with van der Waals surface area (Å²) in [5.41, 5.74) is 2.56. The van der Waals surface area contributed by atoms with Gasteiger partial charge in [0, 0.05) is 22.0 Å². The van der Waals surface area contributed by atoms with E-state index in [9.17, 15) is 0 Å². The first kappa shape index (κ1) is 18.5. The summed E-state index contributed by atoms with van der Waals surface area (Å²) in [5, 5.41) is 1.36. The van der Waals surface area contributed by atoms with Gasteiger partial charge >= 0.3 is 0 Å². The Balaban J connectivity index is 1.75. The van der Waals surface area contributed by atoms with Crippen molar-refractivity contribution in [3.8, 4) is 0 Å². The van der Waals surface area contributed by atoms with E-state index < -0.39 is 11.9 Å². The average molecular weight is 399 g/mol. The second kappa shape index (κ2) is 7.65. The second-order valence-corrected chi connectivity index (χ2v) is 7.86. The number of hydrogen-bond acceptors (Lipinski definition) is 2. The Hall–Kier alpha value is -1.84. The molecule has 2 nitrogen and oxygen atoms in total. The van der Waals surface area contributed by atoms with E-state index in [2.05, 4.69) is 19.1 Å². The van der Waals surface area contributed by atoms with E-state index in [0.717, 1.165) is 16.7 Å². The Kier molecular flexibility index (Phi) is 5.25. The Labute approximate surface area is 169 Å². The summed E-state index contributed by atoms with van der Waals surface area (Å²) in [6.07, 6.45) is 0.0206. The summed E-state index contributed by atoms with van der Waals surface area (Å²) < 4.78 is 12.8. The van der Waals surface area contributed by atoms with Crippen molar-refractivity contribution in [2.75, 3.05) is 0 Å². The largest absolute Gasteiger partial charge is 0.340 e. The third kappa shape index (κ3) is 4.04. The van der Waals surface area contributed by atoms with E-state index in [1.165, 1.54) is 0 Å². The van der Waals surface area contributed by atoms with Crippen LogP contribution in [0, 0.1) is 0 Å². The molecule has 27 heavy (non-hydrogen) atoms. The highest BCUT2D eigenvalue weighted by atomic mass is 35.5. The van der Waals surface area contributed by atoms with Crippen molar-refractivity contribution in [2.45, 2.75) is 31.3 Å². The standard InChI is InChI=1S/C23H20Cl2O2/c1-23(18-9-3-2-4-10-18)15-21(16-7-5-11-19(24)13-16)26-22(27-23)17-8-6-12-20(25)14-17/h2-14,21-22H,15H2,1H3/t21-,22+,23-/m0/s1. The second-order valence-electron chi connectivity index (χ2n) is 6.99. The zero-order valence-corrected chi connectivity index (χ0v) is 16.5.